The van der Waals surface area contributed by atoms with Gasteiger partial charge in [-0.3, -0.25) is 0 Å². The third kappa shape index (κ3) is 4.18. The van der Waals surface area contributed by atoms with Crippen molar-refractivity contribution < 1.29 is 0 Å². The summed E-state index contributed by atoms with van der Waals surface area (Å²) in [6.45, 7) is 4.32. The van der Waals surface area contributed by atoms with Gasteiger partial charge in [0.2, 0.25) is 0 Å². The molecule has 1 aromatic heterocycles. The zero-order chi connectivity index (χ0) is 15.1. The standard InChI is InChI=1S/C17H24N4/c1-4-9-15-20-16(18-3)12-17(21-15)19-14(5-2)13-10-7-6-8-11-13/h6-8,10-12,14H,4-5,9H2,1-3H3,(H2,18,19,20,21). The molecule has 2 N–H and O–H groups in total. The Balaban J connectivity index is 2.22. The Kier molecular flexibility index (Phi) is 5.55. The van der Waals surface area contributed by atoms with Gasteiger partial charge in [-0.05, 0) is 18.4 Å². The lowest BCUT2D eigenvalue weighted by Crippen LogP contribution is -2.12. The molecule has 4 heteroatoms. The van der Waals surface area contributed by atoms with E-state index >= 15 is 0 Å². The number of hydrogen-bond donors (Lipinski definition) is 2. The molecule has 1 unspecified atom stereocenters. The van der Waals surface area contributed by atoms with Crippen LogP contribution in [0.2, 0.25) is 0 Å². The van der Waals surface area contributed by atoms with Crippen molar-refractivity contribution in [1.29, 1.82) is 0 Å². The highest BCUT2D eigenvalue weighted by Gasteiger charge is 2.11. The van der Waals surface area contributed by atoms with Crippen LogP contribution in [0.15, 0.2) is 36.4 Å². The smallest absolute Gasteiger partial charge is 0.133 e. The number of aryl methyl sites for hydroxylation is 1. The fourth-order valence-corrected chi connectivity index (χ4v) is 2.32. The van der Waals surface area contributed by atoms with Crippen molar-refractivity contribution in [3.8, 4) is 0 Å². The highest BCUT2D eigenvalue weighted by molar-refractivity contribution is 5.48. The number of hydrogen-bond acceptors (Lipinski definition) is 4. The van der Waals surface area contributed by atoms with E-state index in [9.17, 15) is 0 Å². The fourth-order valence-electron chi connectivity index (χ4n) is 2.32. The highest BCUT2D eigenvalue weighted by Crippen LogP contribution is 2.22. The highest BCUT2D eigenvalue weighted by atomic mass is 15.1. The lowest BCUT2D eigenvalue weighted by molar-refractivity contribution is 0.739. The summed E-state index contributed by atoms with van der Waals surface area (Å²) in [4.78, 5) is 9.11. The normalized spacial score (nSPS) is 12.0. The fraction of sp³-hybridized carbons (Fsp3) is 0.412. The van der Waals surface area contributed by atoms with Crippen LogP contribution in [0.1, 0.15) is 44.1 Å². The predicted molar refractivity (Wildman–Crippen MR) is 88.7 cm³/mol. The average Bonchev–Trinajstić information content (AvgIpc) is 2.53. The minimum absolute atomic E-state index is 0.264. The Morgan fingerprint density at radius 2 is 1.76 bits per heavy atom. The Hall–Kier alpha value is -2.10. The summed E-state index contributed by atoms with van der Waals surface area (Å²) in [6.07, 6.45) is 2.95. The van der Waals surface area contributed by atoms with Crippen LogP contribution < -0.4 is 10.6 Å². The first kappa shape index (κ1) is 15.3. The van der Waals surface area contributed by atoms with Crippen molar-refractivity contribution in [3.63, 3.8) is 0 Å². The van der Waals surface area contributed by atoms with Crippen LogP contribution in [0, 0.1) is 0 Å². The van der Waals surface area contributed by atoms with Crippen LogP contribution in [0.25, 0.3) is 0 Å². The summed E-state index contributed by atoms with van der Waals surface area (Å²) >= 11 is 0. The first-order chi connectivity index (χ1) is 10.3. The molecule has 1 aromatic carbocycles. The van der Waals surface area contributed by atoms with Gasteiger partial charge in [0.25, 0.3) is 0 Å². The Morgan fingerprint density at radius 1 is 1.05 bits per heavy atom. The molecule has 4 nitrogen and oxygen atoms in total. The van der Waals surface area contributed by atoms with Crippen molar-refractivity contribution in [2.45, 2.75) is 39.2 Å². The van der Waals surface area contributed by atoms with Gasteiger partial charge in [0, 0.05) is 19.5 Å². The van der Waals surface area contributed by atoms with Gasteiger partial charge in [-0.2, -0.15) is 0 Å². The van der Waals surface area contributed by atoms with Crippen LogP contribution >= 0.6 is 0 Å². The third-order valence-corrected chi connectivity index (χ3v) is 3.43. The van der Waals surface area contributed by atoms with Crippen LogP contribution in [0.3, 0.4) is 0 Å². The third-order valence-electron chi connectivity index (χ3n) is 3.43. The first-order valence-corrected chi connectivity index (χ1v) is 7.64. The van der Waals surface area contributed by atoms with Crippen molar-refractivity contribution >= 4 is 11.6 Å². The molecular weight excluding hydrogens is 260 g/mol. The van der Waals surface area contributed by atoms with Crippen LogP contribution in [0.4, 0.5) is 11.6 Å². The van der Waals surface area contributed by atoms with Crippen LogP contribution in [-0.4, -0.2) is 17.0 Å². The van der Waals surface area contributed by atoms with E-state index in [4.69, 9.17) is 0 Å². The number of anilines is 2. The van der Waals surface area contributed by atoms with Gasteiger partial charge < -0.3 is 10.6 Å². The second kappa shape index (κ2) is 7.62. The van der Waals surface area contributed by atoms with Gasteiger partial charge in [-0.25, -0.2) is 9.97 Å². The second-order valence-electron chi connectivity index (χ2n) is 5.07. The van der Waals surface area contributed by atoms with E-state index in [1.54, 1.807) is 0 Å². The minimum Gasteiger partial charge on any atom is -0.373 e. The topological polar surface area (TPSA) is 49.8 Å². The van der Waals surface area contributed by atoms with E-state index in [1.807, 2.05) is 19.2 Å². The Bertz CT molecular complexity index is 554. The van der Waals surface area contributed by atoms with Crippen molar-refractivity contribution in [2.24, 2.45) is 0 Å². The number of aromatic nitrogens is 2. The molecule has 0 bridgehead atoms. The largest absolute Gasteiger partial charge is 0.373 e. The number of benzene rings is 1. The maximum absolute atomic E-state index is 4.62. The first-order valence-electron chi connectivity index (χ1n) is 7.64. The zero-order valence-corrected chi connectivity index (χ0v) is 13.1. The predicted octanol–water partition coefficient (Wildman–Crippen LogP) is 4.03. The minimum atomic E-state index is 0.264. The van der Waals surface area contributed by atoms with E-state index in [2.05, 4.69) is 58.7 Å². The van der Waals surface area contributed by atoms with Gasteiger partial charge in [-0.15, -0.1) is 0 Å². The second-order valence-corrected chi connectivity index (χ2v) is 5.07. The molecule has 0 amide bonds. The lowest BCUT2D eigenvalue weighted by Gasteiger charge is -2.19. The molecule has 0 aliphatic rings. The van der Waals surface area contributed by atoms with Gasteiger partial charge in [0.15, 0.2) is 0 Å². The molecule has 0 saturated carbocycles. The molecule has 2 rings (SSSR count). The molecule has 0 fully saturated rings. The SMILES string of the molecule is CCCc1nc(NC)cc(NC(CC)c2ccccc2)n1. The van der Waals surface area contributed by atoms with E-state index in [-0.39, 0.29) is 6.04 Å². The van der Waals surface area contributed by atoms with Crippen LogP contribution in [-0.2, 0) is 6.42 Å². The maximum Gasteiger partial charge on any atom is 0.133 e. The summed E-state index contributed by atoms with van der Waals surface area (Å²) in [5.74, 6) is 2.63. The molecule has 2 aromatic rings. The molecule has 0 aliphatic heterocycles. The van der Waals surface area contributed by atoms with Gasteiger partial charge >= 0.3 is 0 Å². The molecule has 0 spiro atoms. The van der Waals surface area contributed by atoms with Crippen molar-refractivity contribution in [1.82, 2.24) is 9.97 Å². The average molecular weight is 284 g/mol. The van der Waals surface area contributed by atoms with Gasteiger partial charge in [-0.1, -0.05) is 44.2 Å². The summed E-state index contributed by atoms with van der Waals surface area (Å²) < 4.78 is 0. The summed E-state index contributed by atoms with van der Waals surface area (Å²) in [5.41, 5.74) is 1.28. The van der Waals surface area contributed by atoms with E-state index < -0.39 is 0 Å². The van der Waals surface area contributed by atoms with E-state index in [0.29, 0.717) is 0 Å². The Labute approximate surface area is 127 Å². The quantitative estimate of drug-likeness (QED) is 0.806. The van der Waals surface area contributed by atoms with Crippen molar-refractivity contribution in [3.05, 3.63) is 47.8 Å². The molecule has 1 heterocycles. The molecule has 21 heavy (non-hydrogen) atoms. The Morgan fingerprint density at radius 3 is 2.38 bits per heavy atom. The molecule has 0 saturated heterocycles. The molecule has 0 radical (unpaired) electrons. The number of nitrogens with one attached hydrogen (secondary N) is 2. The van der Waals surface area contributed by atoms with E-state index in [1.165, 1.54) is 5.56 Å². The molecule has 112 valence electrons. The summed E-state index contributed by atoms with van der Waals surface area (Å²) in [7, 11) is 1.89. The molecular formula is C17H24N4. The van der Waals surface area contributed by atoms with Crippen LogP contribution in [0.5, 0.6) is 0 Å². The summed E-state index contributed by atoms with van der Waals surface area (Å²) in [6, 6.07) is 12.7. The number of nitrogens with zero attached hydrogens (tertiary/aromatic N) is 2. The zero-order valence-electron chi connectivity index (χ0n) is 13.1. The van der Waals surface area contributed by atoms with Gasteiger partial charge in [0.05, 0.1) is 6.04 Å². The monoisotopic (exact) mass is 284 g/mol. The molecule has 1 atom stereocenters. The number of rotatable bonds is 7. The molecule has 0 aliphatic carbocycles. The maximum atomic E-state index is 4.62. The van der Waals surface area contributed by atoms with Crippen molar-refractivity contribution in [2.75, 3.05) is 17.7 Å². The lowest BCUT2D eigenvalue weighted by atomic mass is 10.0. The van der Waals surface area contributed by atoms with E-state index in [0.717, 1.165) is 36.7 Å². The summed E-state index contributed by atoms with van der Waals surface area (Å²) in [5, 5.41) is 6.63. The van der Waals surface area contributed by atoms with Gasteiger partial charge in [0.1, 0.15) is 17.5 Å².